The summed E-state index contributed by atoms with van der Waals surface area (Å²) in [7, 11) is 4.39. The van der Waals surface area contributed by atoms with Crippen LogP contribution in [-0.4, -0.2) is 43.2 Å². The number of anilines is 1. The SMILES string of the molecule is C[N+](C)(CCNc1cccc2c1C(=O)c1ccccc1C2=O)Cc1ccccc1. The minimum absolute atomic E-state index is 0.0842. The zero-order valence-electron chi connectivity index (χ0n) is 16.8. The molecule has 0 aliphatic heterocycles. The summed E-state index contributed by atoms with van der Waals surface area (Å²) < 4.78 is 0.821. The summed E-state index contributed by atoms with van der Waals surface area (Å²) in [5.74, 6) is -0.171. The van der Waals surface area contributed by atoms with Crippen molar-refractivity contribution in [3.63, 3.8) is 0 Å². The van der Waals surface area contributed by atoms with Crippen LogP contribution in [0.2, 0.25) is 0 Å². The number of nitrogens with zero attached hydrogens (tertiary/aromatic N) is 1. The molecule has 0 spiro atoms. The average Bonchev–Trinajstić information content (AvgIpc) is 2.72. The van der Waals surface area contributed by atoms with Gasteiger partial charge in [-0.05, 0) is 6.07 Å². The van der Waals surface area contributed by atoms with E-state index in [0.717, 1.165) is 23.3 Å². The summed E-state index contributed by atoms with van der Waals surface area (Å²) in [4.78, 5) is 25.9. The fraction of sp³-hybridized carbons (Fsp3) is 0.200. The van der Waals surface area contributed by atoms with Crippen LogP contribution < -0.4 is 5.32 Å². The predicted octanol–water partition coefficient (Wildman–Crippen LogP) is 4.15. The number of quaternary nitrogens is 1. The topological polar surface area (TPSA) is 46.2 Å². The Hall–Kier alpha value is -3.24. The first-order valence-corrected chi connectivity index (χ1v) is 9.87. The highest BCUT2D eigenvalue weighted by molar-refractivity contribution is 6.30. The minimum atomic E-state index is -0.0867. The van der Waals surface area contributed by atoms with E-state index in [1.54, 1.807) is 30.3 Å². The molecule has 0 radical (unpaired) electrons. The van der Waals surface area contributed by atoms with Gasteiger partial charge in [0.1, 0.15) is 6.54 Å². The molecule has 4 nitrogen and oxygen atoms in total. The van der Waals surface area contributed by atoms with E-state index < -0.39 is 0 Å². The summed E-state index contributed by atoms with van der Waals surface area (Å²) in [5, 5.41) is 3.41. The molecule has 0 saturated heterocycles. The van der Waals surface area contributed by atoms with Crippen molar-refractivity contribution >= 4 is 17.3 Å². The van der Waals surface area contributed by atoms with Gasteiger partial charge in [-0.25, -0.2) is 0 Å². The second-order valence-corrected chi connectivity index (χ2v) is 8.16. The number of hydrogen-bond donors (Lipinski definition) is 1. The quantitative estimate of drug-likeness (QED) is 0.507. The van der Waals surface area contributed by atoms with E-state index in [0.29, 0.717) is 28.8 Å². The van der Waals surface area contributed by atoms with Crippen LogP contribution in [0.25, 0.3) is 0 Å². The van der Waals surface area contributed by atoms with Gasteiger partial charge in [-0.2, -0.15) is 0 Å². The van der Waals surface area contributed by atoms with Gasteiger partial charge in [-0.15, -0.1) is 0 Å². The number of hydrogen-bond acceptors (Lipinski definition) is 3. The van der Waals surface area contributed by atoms with E-state index in [1.807, 2.05) is 18.2 Å². The molecule has 1 aliphatic rings. The van der Waals surface area contributed by atoms with Crippen molar-refractivity contribution in [2.45, 2.75) is 6.54 Å². The van der Waals surface area contributed by atoms with E-state index in [9.17, 15) is 9.59 Å². The molecule has 0 atom stereocenters. The van der Waals surface area contributed by atoms with E-state index in [1.165, 1.54) is 5.56 Å². The Labute approximate surface area is 171 Å². The Balaban J connectivity index is 1.51. The molecular weight excluding hydrogens is 360 g/mol. The number of nitrogens with one attached hydrogen (secondary N) is 1. The van der Waals surface area contributed by atoms with E-state index in [4.69, 9.17) is 0 Å². The fourth-order valence-electron chi connectivity index (χ4n) is 3.94. The highest BCUT2D eigenvalue weighted by Crippen LogP contribution is 2.31. The molecule has 0 unspecified atom stereocenters. The zero-order valence-corrected chi connectivity index (χ0v) is 16.8. The molecule has 3 aromatic rings. The second-order valence-electron chi connectivity index (χ2n) is 8.16. The summed E-state index contributed by atoms with van der Waals surface area (Å²) >= 11 is 0. The van der Waals surface area contributed by atoms with Crippen LogP contribution in [0.3, 0.4) is 0 Å². The van der Waals surface area contributed by atoms with Gasteiger partial charge in [-0.1, -0.05) is 66.7 Å². The van der Waals surface area contributed by atoms with Crippen LogP contribution in [0.4, 0.5) is 5.69 Å². The van der Waals surface area contributed by atoms with E-state index in [2.05, 4.69) is 43.7 Å². The first-order valence-electron chi connectivity index (χ1n) is 9.87. The number of carbonyl (C=O) groups is 2. The highest BCUT2D eigenvalue weighted by Gasteiger charge is 2.31. The Kier molecular flexibility index (Phi) is 5.03. The van der Waals surface area contributed by atoms with Crippen LogP contribution in [0.15, 0.2) is 72.8 Å². The molecule has 0 heterocycles. The molecule has 4 rings (SSSR count). The molecule has 3 aromatic carbocycles. The van der Waals surface area contributed by atoms with Gasteiger partial charge in [0.2, 0.25) is 0 Å². The van der Waals surface area contributed by atoms with Crippen molar-refractivity contribution < 1.29 is 14.1 Å². The van der Waals surface area contributed by atoms with E-state index in [-0.39, 0.29) is 11.6 Å². The molecule has 4 heteroatoms. The van der Waals surface area contributed by atoms with Gasteiger partial charge in [0.25, 0.3) is 0 Å². The maximum atomic E-state index is 13.1. The van der Waals surface area contributed by atoms with Crippen LogP contribution in [0, 0.1) is 0 Å². The van der Waals surface area contributed by atoms with Gasteiger partial charge in [0.15, 0.2) is 11.6 Å². The summed E-state index contributed by atoms with van der Waals surface area (Å²) in [6, 6.07) is 22.9. The normalized spacial score (nSPS) is 13.0. The Morgan fingerprint density at radius 2 is 1.34 bits per heavy atom. The maximum absolute atomic E-state index is 13.1. The van der Waals surface area contributed by atoms with Crippen LogP contribution in [-0.2, 0) is 6.54 Å². The molecule has 146 valence electrons. The first kappa shape index (κ1) is 19.1. The Bertz CT molecular complexity index is 1070. The molecule has 1 aliphatic carbocycles. The third kappa shape index (κ3) is 3.84. The lowest BCUT2D eigenvalue weighted by molar-refractivity contribution is -0.902. The third-order valence-electron chi connectivity index (χ3n) is 5.44. The van der Waals surface area contributed by atoms with Crippen LogP contribution in [0.5, 0.6) is 0 Å². The third-order valence-corrected chi connectivity index (χ3v) is 5.44. The molecule has 1 N–H and O–H groups in total. The predicted molar refractivity (Wildman–Crippen MR) is 115 cm³/mol. The van der Waals surface area contributed by atoms with Crippen LogP contribution in [0.1, 0.15) is 37.4 Å². The van der Waals surface area contributed by atoms with Crippen LogP contribution >= 0.6 is 0 Å². The van der Waals surface area contributed by atoms with Gasteiger partial charge in [-0.3, -0.25) is 9.59 Å². The number of carbonyl (C=O) groups excluding carboxylic acids is 2. The Morgan fingerprint density at radius 3 is 2.07 bits per heavy atom. The molecule has 0 amide bonds. The lowest BCUT2D eigenvalue weighted by Crippen LogP contribution is -2.42. The molecular formula is C25H25N2O2+. The number of likely N-dealkylation sites (N-methyl/N-ethyl adjacent to an activating group) is 1. The monoisotopic (exact) mass is 385 g/mol. The van der Waals surface area contributed by atoms with Gasteiger partial charge in [0.05, 0.1) is 32.7 Å². The smallest absolute Gasteiger partial charge is 0.196 e. The van der Waals surface area contributed by atoms with Crippen molar-refractivity contribution in [1.29, 1.82) is 0 Å². The standard InChI is InChI=1S/C25H24N2O2/c1-27(2,17-18-9-4-3-5-10-18)16-15-26-22-14-8-13-21-23(22)25(29)20-12-7-6-11-19(20)24(21)28/h3-14H,15-17H2,1-2H3/p+1. The van der Waals surface area contributed by atoms with Gasteiger partial charge >= 0.3 is 0 Å². The van der Waals surface area contributed by atoms with Crippen molar-refractivity contribution in [3.05, 3.63) is 101 Å². The van der Waals surface area contributed by atoms with Crippen molar-refractivity contribution in [2.75, 3.05) is 32.5 Å². The largest absolute Gasteiger partial charge is 0.379 e. The van der Waals surface area contributed by atoms with Gasteiger partial charge < -0.3 is 9.80 Å². The lowest BCUT2D eigenvalue weighted by Gasteiger charge is -2.30. The zero-order chi connectivity index (χ0) is 20.4. The summed E-state index contributed by atoms with van der Waals surface area (Å²) in [6.07, 6.45) is 0. The van der Waals surface area contributed by atoms with Crippen molar-refractivity contribution in [2.24, 2.45) is 0 Å². The molecule has 0 aromatic heterocycles. The molecule has 29 heavy (non-hydrogen) atoms. The number of rotatable bonds is 6. The highest BCUT2D eigenvalue weighted by atomic mass is 16.1. The number of ketones is 2. The van der Waals surface area contributed by atoms with Crippen molar-refractivity contribution in [3.8, 4) is 0 Å². The van der Waals surface area contributed by atoms with Crippen molar-refractivity contribution in [1.82, 2.24) is 0 Å². The first-order chi connectivity index (χ1) is 14.0. The average molecular weight is 385 g/mol. The molecule has 0 bridgehead atoms. The molecule has 0 fully saturated rings. The Morgan fingerprint density at radius 1 is 0.724 bits per heavy atom. The fourth-order valence-corrected chi connectivity index (χ4v) is 3.94. The number of fused-ring (bicyclic) bond motifs is 2. The second kappa shape index (κ2) is 7.64. The number of benzene rings is 3. The minimum Gasteiger partial charge on any atom is -0.379 e. The molecule has 0 saturated carbocycles. The maximum Gasteiger partial charge on any atom is 0.196 e. The van der Waals surface area contributed by atoms with E-state index >= 15 is 0 Å². The summed E-state index contributed by atoms with van der Waals surface area (Å²) in [5.41, 5.74) is 3.98. The summed E-state index contributed by atoms with van der Waals surface area (Å²) in [6.45, 7) is 2.52. The van der Waals surface area contributed by atoms with Gasteiger partial charge in [0, 0.05) is 27.9 Å². The lowest BCUT2D eigenvalue weighted by atomic mass is 9.83.